The van der Waals surface area contributed by atoms with E-state index in [1.54, 1.807) is 4.90 Å². The maximum Gasteiger partial charge on any atom is 0.227 e. The third kappa shape index (κ3) is 7.34. The number of hydrogen-bond acceptors (Lipinski definition) is 5. The molecule has 216 valence electrons. The zero-order valence-corrected chi connectivity index (χ0v) is 24.3. The Labute approximate surface area is 243 Å². The predicted octanol–water partition coefficient (Wildman–Crippen LogP) is 4.98. The number of carbonyl (C=O) groups excluding carboxylic acids is 2. The number of nitrogens with one attached hydrogen (secondary N) is 1. The van der Waals surface area contributed by atoms with Crippen LogP contribution in [0.25, 0.3) is 11.1 Å². The highest BCUT2D eigenvalue weighted by Gasteiger charge is 2.32. The van der Waals surface area contributed by atoms with Crippen molar-refractivity contribution < 1.29 is 19.4 Å². The topological polar surface area (TPSA) is 82.1 Å². The van der Waals surface area contributed by atoms with Crippen LogP contribution in [0.1, 0.15) is 37.8 Å². The molecule has 0 bridgehead atoms. The van der Waals surface area contributed by atoms with Crippen LogP contribution in [0.15, 0.2) is 72.8 Å². The molecular weight excluding hydrogens is 514 g/mol. The van der Waals surface area contributed by atoms with Crippen LogP contribution in [0.5, 0.6) is 5.75 Å². The zero-order chi connectivity index (χ0) is 28.9. The molecule has 0 radical (unpaired) electrons. The zero-order valence-electron chi connectivity index (χ0n) is 24.3. The van der Waals surface area contributed by atoms with Crippen molar-refractivity contribution in [3.05, 3.63) is 83.9 Å². The molecule has 5 rings (SSSR count). The van der Waals surface area contributed by atoms with Gasteiger partial charge in [-0.2, -0.15) is 0 Å². The predicted molar refractivity (Wildman–Crippen MR) is 162 cm³/mol. The van der Waals surface area contributed by atoms with E-state index < -0.39 is 0 Å². The van der Waals surface area contributed by atoms with Crippen LogP contribution in [0, 0.1) is 11.8 Å². The van der Waals surface area contributed by atoms with Gasteiger partial charge in [0, 0.05) is 42.7 Å². The number of nitrogens with zero attached hydrogens (tertiary/aromatic N) is 2. The fraction of sp³-hybridized carbons (Fsp3) is 0.412. The summed E-state index contributed by atoms with van der Waals surface area (Å²) in [5.74, 6) is 0.756. The van der Waals surface area contributed by atoms with Gasteiger partial charge >= 0.3 is 0 Å². The van der Waals surface area contributed by atoms with Crippen molar-refractivity contribution in [1.82, 2.24) is 9.80 Å². The van der Waals surface area contributed by atoms with E-state index in [4.69, 9.17) is 4.74 Å². The van der Waals surface area contributed by atoms with Crippen LogP contribution in [0.4, 0.5) is 5.69 Å². The average molecular weight is 556 g/mol. The molecule has 1 fully saturated rings. The van der Waals surface area contributed by atoms with E-state index in [1.807, 2.05) is 31.2 Å². The lowest BCUT2D eigenvalue weighted by atomic mass is 10.0. The summed E-state index contributed by atoms with van der Waals surface area (Å²) in [5, 5.41) is 12.9. The Morgan fingerprint density at radius 1 is 1.07 bits per heavy atom. The Balaban J connectivity index is 1.33. The molecule has 41 heavy (non-hydrogen) atoms. The fourth-order valence-corrected chi connectivity index (χ4v) is 5.43. The van der Waals surface area contributed by atoms with E-state index in [9.17, 15) is 14.7 Å². The lowest BCUT2D eigenvalue weighted by Crippen LogP contribution is -2.47. The second-order valence-electron chi connectivity index (χ2n) is 11.7. The van der Waals surface area contributed by atoms with Crippen LogP contribution < -0.4 is 10.1 Å². The number of benzene rings is 3. The number of amides is 2. The number of fused-ring (bicyclic) bond motifs is 1. The molecule has 3 aromatic carbocycles. The van der Waals surface area contributed by atoms with Crippen molar-refractivity contribution in [1.29, 1.82) is 0 Å². The van der Waals surface area contributed by atoms with Gasteiger partial charge in [0.15, 0.2) is 0 Å². The van der Waals surface area contributed by atoms with E-state index in [1.165, 1.54) is 16.7 Å². The van der Waals surface area contributed by atoms with Crippen LogP contribution in [0.2, 0.25) is 0 Å². The van der Waals surface area contributed by atoms with E-state index in [0.29, 0.717) is 24.5 Å². The molecule has 0 spiro atoms. The Kier molecular flexibility index (Phi) is 9.06. The molecule has 3 aromatic rings. The summed E-state index contributed by atoms with van der Waals surface area (Å²) in [4.78, 5) is 29.8. The van der Waals surface area contributed by atoms with Crippen molar-refractivity contribution in [3.63, 3.8) is 0 Å². The standard InChI is InChI=1S/C34H41N3O4/c1-23-19-37(24(2)22-38)33(39)18-29-17-30(35-34(40)28-13-14-28)15-16-31(29)41-32(23)21-36(3)20-25-9-11-27(12-10-25)26-7-5-4-6-8-26/h4-12,15-17,23-24,28,32,38H,13-14,18-22H2,1-3H3,(H,35,40)/t23-,24-,32+/m0/s1. The molecule has 3 atom stereocenters. The van der Waals surface area contributed by atoms with Gasteiger partial charge in [0.05, 0.1) is 19.1 Å². The van der Waals surface area contributed by atoms with Crippen molar-refractivity contribution in [3.8, 4) is 16.9 Å². The molecule has 0 aromatic heterocycles. The summed E-state index contributed by atoms with van der Waals surface area (Å²) in [6.45, 7) is 5.79. The molecule has 2 N–H and O–H groups in total. The lowest BCUT2D eigenvalue weighted by molar-refractivity contribution is -0.134. The van der Waals surface area contributed by atoms with Gasteiger partial charge < -0.3 is 20.1 Å². The summed E-state index contributed by atoms with van der Waals surface area (Å²) in [7, 11) is 2.09. The monoisotopic (exact) mass is 555 g/mol. The van der Waals surface area contributed by atoms with Crippen LogP contribution in [-0.4, -0.2) is 65.6 Å². The number of anilines is 1. The first-order valence-corrected chi connectivity index (χ1v) is 14.6. The van der Waals surface area contributed by atoms with Gasteiger partial charge in [-0.05, 0) is 61.7 Å². The second-order valence-corrected chi connectivity index (χ2v) is 11.7. The molecule has 2 amide bonds. The van der Waals surface area contributed by atoms with Gasteiger partial charge in [0.1, 0.15) is 11.9 Å². The van der Waals surface area contributed by atoms with Crippen molar-refractivity contribution >= 4 is 17.5 Å². The summed E-state index contributed by atoms with van der Waals surface area (Å²) in [6, 6.07) is 24.3. The minimum Gasteiger partial charge on any atom is -0.488 e. The molecule has 1 aliphatic heterocycles. The highest BCUT2D eigenvalue weighted by atomic mass is 16.5. The summed E-state index contributed by atoms with van der Waals surface area (Å²) < 4.78 is 6.65. The molecule has 7 heteroatoms. The first-order chi connectivity index (χ1) is 19.8. The summed E-state index contributed by atoms with van der Waals surface area (Å²) in [5.41, 5.74) is 5.03. The van der Waals surface area contributed by atoms with E-state index in [-0.39, 0.29) is 48.8 Å². The SMILES string of the molecule is C[C@H]1CN([C@@H](C)CO)C(=O)Cc2cc(NC(=O)C3CC3)ccc2O[C@@H]1CN(C)Cc1ccc(-c2ccccc2)cc1. The molecular formula is C34H41N3O4. The minimum absolute atomic E-state index is 0.0241. The van der Waals surface area contributed by atoms with Gasteiger partial charge in [-0.1, -0.05) is 61.5 Å². The Morgan fingerprint density at radius 2 is 1.78 bits per heavy atom. The van der Waals surface area contributed by atoms with Gasteiger partial charge in [-0.25, -0.2) is 0 Å². The maximum absolute atomic E-state index is 13.4. The number of aliphatic hydroxyl groups is 1. The highest BCUT2D eigenvalue weighted by molar-refractivity contribution is 5.94. The van der Waals surface area contributed by atoms with Gasteiger partial charge in [-0.15, -0.1) is 0 Å². The van der Waals surface area contributed by atoms with E-state index in [0.717, 1.165) is 24.9 Å². The Hall–Kier alpha value is -3.68. The van der Waals surface area contributed by atoms with Crippen LogP contribution in [-0.2, 0) is 22.6 Å². The Bertz CT molecular complexity index is 1340. The first-order valence-electron chi connectivity index (χ1n) is 14.6. The van der Waals surface area contributed by atoms with Crippen molar-refractivity contribution in [2.45, 2.75) is 51.8 Å². The van der Waals surface area contributed by atoms with Crippen molar-refractivity contribution in [2.24, 2.45) is 11.8 Å². The van der Waals surface area contributed by atoms with Gasteiger partial charge in [-0.3, -0.25) is 14.5 Å². The summed E-state index contributed by atoms with van der Waals surface area (Å²) >= 11 is 0. The van der Waals surface area contributed by atoms with E-state index in [2.05, 4.69) is 72.7 Å². The quantitative estimate of drug-likeness (QED) is 0.389. The number of hydrogen-bond donors (Lipinski definition) is 2. The van der Waals surface area contributed by atoms with Gasteiger partial charge in [0.25, 0.3) is 0 Å². The molecule has 7 nitrogen and oxygen atoms in total. The smallest absolute Gasteiger partial charge is 0.227 e. The Morgan fingerprint density at radius 3 is 2.46 bits per heavy atom. The number of likely N-dealkylation sites (N-methyl/N-ethyl adjacent to an activating group) is 1. The third-order valence-electron chi connectivity index (χ3n) is 8.14. The second kappa shape index (κ2) is 12.9. The molecule has 1 heterocycles. The van der Waals surface area contributed by atoms with Crippen LogP contribution in [0.3, 0.4) is 0 Å². The third-order valence-corrected chi connectivity index (χ3v) is 8.14. The molecule has 0 unspecified atom stereocenters. The minimum atomic E-state index is -0.300. The average Bonchev–Trinajstić information content (AvgIpc) is 3.82. The lowest BCUT2D eigenvalue weighted by Gasteiger charge is -2.34. The highest BCUT2D eigenvalue weighted by Crippen LogP contribution is 2.32. The van der Waals surface area contributed by atoms with Crippen LogP contribution >= 0.6 is 0 Å². The first kappa shape index (κ1) is 28.8. The molecule has 1 aliphatic carbocycles. The molecule has 0 saturated heterocycles. The van der Waals surface area contributed by atoms with E-state index >= 15 is 0 Å². The number of rotatable bonds is 9. The normalized spacial score (nSPS) is 19.9. The number of carbonyl (C=O) groups is 2. The van der Waals surface area contributed by atoms with Crippen molar-refractivity contribution in [2.75, 3.05) is 32.1 Å². The van der Waals surface area contributed by atoms with Gasteiger partial charge in [0.2, 0.25) is 11.8 Å². The number of aliphatic hydroxyl groups excluding tert-OH is 1. The molecule has 2 aliphatic rings. The number of ether oxygens (including phenoxy) is 1. The fourth-order valence-electron chi connectivity index (χ4n) is 5.43. The maximum atomic E-state index is 13.4. The molecule has 1 saturated carbocycles. The largest absolute Gasteiger partial charge is 0.488 e. The summed E-state index contributed by atoms with van der Waals surface area (Å²) in [6.07, 6.45) is 1.82.